The minimum atomic E-state index is -0.906. The normalized spacial score (nSPS) is 19.9. The van der Waals surface area contributed by atoms with Gasteiger partial charge in [-0.1, -0.05) is 39.8 Å². The lowest BCUT2D eigenvalue weighted by atomic mass is 9.63. The molecule has 4 nitrogen and oxygen atoms in total. The topological polar surface area (TPSA) is 52.9 Å². The molecule has 0 aromatic heterocycles. The largest absolute Gasteiger partial charge is 0.478 e. The molecule has 0 atom stereocenters. The maximum absolute atomic E-state index is 11.0. The van der Waals surface area contributed by atoms with Crippen molar-refractivity contribution < 1.29 is 9.90 Å². The highest BCUT2D eigenvalue weighted by atomic mass is 16.4. The smallest absolute Gasteiger partial charge is 0.335 e. The second-order valence-electron chi connectivity index (χ2n) is 9.30. The third-order valence-corrected chi connectivity index (χ3v) is 6.40. The summed E-state index contributed by atoms with van der Waals surface area (Å²) in [4.78, 5) is 11.0. The predicted octanol–water partition coefficient (Wildman–Crippen LogP) is 5.35. The molecule has 0 saturated carbocycles. The quantitative estimate of drug-likeness (QED) is 0.786. The molecule has 0 fully saturated rings. The lowest BCUT2D eigenvalue weighted by Gasteiger charge is -2.42. The Morgan fingerprint density at radius 2 is 1.61 bits per heavy atom. The Balaban J connectivity index is 1.65. The first kappa shape index (κ1) is 18.7. The number of hydrogen-bond acceptors (Lipinski definition) is 3. The van der Waals surface area contributed by atoms with Crippen molar-refractivity contribution in [2.24, 2.45) is 5.10 Å². The van der Waals surface area contributed by atoms with Gasteiger partial charge in [-0.15, -0.1) is 0 Å². The molecular formula is C24H28N2O2. The summed E-state index contributed by atoms with van der Waals surface area (Å²) in [5.74, 6) is -0.906. The number of carboxylic acid groups (broad SMARTS) is 1. The molecule has 1 N–H and O–H groups in total. The van der Waals surface area contributed by atoms with Crippen LogP contribution in [0, 0.1) is 0 Å². The summed E-state index contributed by atoms with van der Waals surface area (Å²) in [5, 5.41) is 15.9. The van der Waals surface area contributed by atoms with Crippen molar-refractivity contribution in [1.29, 1.82) is 0 Å². The second-order valence-corrected chi connectivity index (χ2v) is 9.30. The lowest BCUT2D eigenvalue weighted by Crippen LogP contribution is -2.34. The molecule has 1 heterocycles. The predicted molar refractivity (Wildman–Crippen MR) is 114 cm³/mol. The van der Waals surface area contributed by atoms with Gasteiger partial charge >= 0.3 is 5.97 Å². The number of aromatic carboxylic acids is 1. The molecule has 4 rings (SSSR count). The number of hydrogen-bond donors (Lipinski definition) is 1. The molecule has 1 aliphatic heterocycles. The number of fused-ring (bicyclic) bond motifs is 1. The van der Waals surface area contributed by atoms with Crippen LogP contribution in [0.2, 0.25) is 0 Å². The fourth-order valence-electron chi connectivity index (χ4n) is 4.39. The zero-order valence-electron chi connectivity index (χ0n) is 17.1. The highest BCUT2D eigenvalue weighted by molar-refractivity contribution is 6.03. The monoisotopic (exact) mass is 376 g/mol. The van der Waals surface area contributed by atoms with E-state index < -0.39 is 5.97 Å². The summed E-state index contributed by atoms with van der Waals surface area (Å²) < 4.78 is 0. The number of benzene rings is 2. The summed E-state index contributed by atoms with van der Waals surface area (Å²) in [6, 6.07) is 13.8. The van der Waals surface area contributed by atoms with Crippen LogP contribution < -0.4 is 5.01 Å². The highest BCUT2D eigenvalue weighted by Gasteiger charge is 2.37. The highest BCUT2D eigenvalue weighted by Crippen LogP contribution is 2.46. The van der Waals surface area contributed by atoms with Crippen molar-refractivity contribution in [3.63, 3.8) is 0 Å². The Hall–Kier alpha value is -2.62. The molecule has 0 radical (unpaired) electrons. The minimum Gasteiger partial charge on any atom is -0.478 e. The van der Waals surface area contributed by atoms with Gasteiger partial charge in [-0.3, -0.25) is 5.01 Å². The van der Waals surface area contributed by atoms with Crippen molar-refractivity contribution in [2.75, 3.05) is 11.6 Å². The van der Waals surface area contributed by atoms with Gasteiger partial charge in [0, 0.05) is 13.0 Å². The Morgan fingerprint density at radius 3 is 2.25 bits per heavy atom. The van der Waals surface area contributed by atoms with Crippen LogP contribution in [0.3, 0.4) is 0 Å². The first-order valence-corrected chi connectivity index (χ1v) is 10.0. The minimum absolute atomic E-state index is 0.187. The molecule has 0 bridgehead atoms. The summed E-state index contributed by atoms with van der Waals surface area (Å²) in [7, 11) is 0. The number of anilines is 1. The number of hydrazone groups is 1. The standard InChI is InChI=1S/C24H28N2O2/c1-23(2)12-13-24(3,4)20-15-17(7-10-19(20)23)21-11-14-26(25-21)18-8-5-16(6-9-18)22(27)28/h5-10,15H,11-14H2,1-4H3,(H,27,28). The number of nitrogens with zero attached hydrogens (tertiary/aromatic N) is 2. The van der Waals surface area contributed by atoms with Crippen molar-refractivity contribution in [2.45, 2.75) is 57.8 Å². The van der Waals surface area contributed by atoms with Gasteiger partial charge in [0.1, 0.15) is 0 Å². The molecule has 4 heteroatoms. The van der Waals surface area contributed by atoms with Crippen molar-refractivity contribution in [3.8, 4) is 0 Å². The zero-order chi connectivity index (χ0) is 20.1. The molecule has 146 valence electrons. The first-order chi connectivity index (χ1) is 13.2. The van der Waals surface area contributed by atoms with Crippen LogP contribution in [0.25, 0.3) is 0 Å². The lowest BCUT2D eigenvalue weighted by molar-refractivity contribution is 0.0697. The van der Waals surface area contributed by atoms with Crippen LogP contribution in [0.4, 0.5) is 5.69 Å². The average Bonchev–Trinajstić information content (AvgIpc) is 3.15. The van der Waals surface area contributed by atoms with Gasteiger partial charge in [0.05, 0.1) is 17.0 Å². The fraction of sp³-hybridized carbons (Fsp3) is 0.417. The van der Waals surface area contributed by atoms with E-state index in [-0.39, 0.29) is 10.8 Å². The first-order valence-electron chi connectivity index (χ1n) is 10.0. The van der Waals surface area contributed by atoms with E-state index in [0.29, 0.717) is 5.56 Å². The van der Waals surface area contributed by atoms with Gasteiger partial charge in [0.25, 0.3) is 0 Å². The number of carbonyl (C=O) groups is 1. The van der Waals surface area contributed by atoms with E-state index in [2.05, 4.69) is 45.9 Å². The summed E-state index contributed by atoms with van der Waals surface area (Å²) >= 11 is 0. The number of carboxylic acids is 1. The maximum Gasteiger partial charge on any atom is 0.335 e. The van der Waals surface area contributed by atoms with Crippen molar-refractivity contribution >= 4 is 17.4 Å². The summed E-state index contributed by atoms with van der Waals surface area (Å²) in [6.45, 7) is 10.2. The van der Waals surface area contributed by atoms with Gasteiger partial charge < -0.3 is 5.11 Å². The van der Waals surface area contributed by atoms with Crippen LogP contribution in [0.5, 0.6) is 0 Å². The van der Waals surface area contributed by atoms with E-state index in [1.54, 1.807) is 12.1 Å². The SMILES string of the molecule is CC1(C)CCC(C)(C)c2cc(C3=NN(c4ccc(C(=O)O)cc4)CC3)ccc21. The molecule has 2 aromatic rings. The zero-order valence-corrected chi connectivity index (χ0v) is 17.1. The molecule has 0 amide bonds. The molecule has 0 spiro atoms. The van der Waals surface area contributed by atoms with Gasteiger partial charge in [-0.25, -0.2) is 4.79 Å². The van der Waals surface area contributed by atoms with Crippen LogP contribution in [-0.4, -0.2) is 23.3 Å². The summed E-state index contributed by atoms with van der Waals surface area (Å²) in [5.41, 5.74) is 6.86. The van der Waals surface area contributed by atoms with Crippen molar-refractivity contribution in [3.05, 3.63) is 64.7 Å². The fourth-order valence-corrected chi connectivity index (χ4v) is 4.39. The van der Waals surface area contributed by atoms with Crippen LogP contribution in [-0.2, 0) is 10.8 Å². The van der Waals surface area contributed by atoms with Gasteiger partial charge in [0.2, 0.25) is 0 Å². The molecule has 2 aromatic carbocycles. The number of rotatable bonds is 3. The molecule has 0 saturated heterocycles. The molecular weight excluding hydrogens is 348 g/mol. The van der Waals surface area contributed by atoms with Crippen LogP contribution in [0.1, 0.15) is 74.0 Å². The Kier molecular flexibility index (Phi) is 4.33. The van der Waals surface area contributed by atoms with E-state index in [4.69, 9.17) is 10.2 Å². The van der Waals surface area contributed by atoms with E-state index in [1.165, 1.54) is 29.5 Å². The third-order valence-electron chi connectivity index (χ3n) is 6.40. The molecule has 28 heavy (non-hydrogen) atoms. The Bertz CT molecular complexity index is 955. The van der Waals surface area contributed by atoms with Gasteiger partial charge in [-0.2, -0.15) is 5.10 Å². The third kappa shape index (κ3) is 3.21. The molecule has 0 unspecified atom stereocenters. The Morgan fingerprint density at radius 1 is 0.964 bits per heavy atom. The molecule has 2 aliphatic rings. The van der Waals surface area contributed by atoms with Gasteiger partial charge in [0.15, 0.2) is 0 Å². The summed E-state index contributed by atoms with van der Waals surface area (Å²) in [6.07, 6.45) is 3.31. The van der Waals surface area contributed by atoms with E-state index >= 15 is 0 Å². The van der Waals surface area contributed by atoms with E-state index in [9.17, 15) is 4.79 Å². The molecule has 1 aliphatic carbocycles. The van der Waals surface area contributed by atoms with Crippen LogP contribution in [0.15, 0.2) is 47.6 Å². The van der Waals surface area contributed by atoms with Crippen molar-refractivity contribution in [1.82, 2.24) is 0 Å². The van der Waals surface area contributed by atoms with Gasteiger partial charge in [-0.05, 0) is 70.7 Å². The average molecular weight is 377 g/mol. The Labute approximate surface area is 166 Å². The van der Waals surface area contributed by atoms with Crippen LogP contribution >= 0.6 is 0 Å². The van der Waals surface area contributed by atoms with E-state index in [1.807, 2.05) is 17.1 Å². The van der Waals surface area contributed by atoms with E-state index in [0.717, 1.165) is 24.4 Å². The maximum atomic E-state index is 11.0. The second kappa shape index (κ2) is 6.47.